The van der Waals surface area contributed by atoms with Gasteiger partial charge in [0, 0.05) is 37.6 Å². The number of carbonyl (C=O) groups is 3. The average Bonchev–Trinajstić information content (AvgIpc) is 3.76. The summed E-state index contributed by atoms with van der Waals surface area (Å²) < 4.78 is 12.4. The zero-order valence-corrected chi connectivity index (χ0v) is 28.3. The topological polar surface area (TPSA) is 99.6 Å². The van der Waals surface area contributed by atoms with E-state index in [1.54, 1.807) is 26.9 Å². The van der Waals surface area contributed by atoms with Crippen LogP contribution in [0.25, 0.3) is 10.8 Å². The van der Waals surface area contributed by atoms with Gasteiger partial charge in [-0.25, -0.2) is 0 Å². The maximum absolute atomic E-state index is 15.0. The third-order valence-corrected chi connectivity index (χ3v) is 10.3. The first-order chi connectivity index (χ1) is 23.9. The van der Waals surface area contributed by atoms with Crippen molar-refractivity contribution >= 4 is 39.9 Å². The normalized spacial score (nSPS) is 23.8. The van der Waals surface area contributed by atoms with E-state index in [2.05, 4.69) is 13.2 Å². The number of hydrogen-bond acceptors (Lipinski definition) is 6. The van der Waals surface area contributed by atoms with E-state index in [1.807, 2.05) is 73.7 Å². The second-order valence-corrected chi connectivity index (χ2v) is 13.2. The van der Waals surface area contributed by atoms with Crippen LogP contribution in [-0.2, 0) is 19.1 Å². The smallest absolute Gasteiger partial charge is 0.253 e. The minimum atomic E-state index is -1.13. The molecule has 0 aromatic heterocycles. The molecule has 49 heavy (non-hydrogen) atoms. The van der Waals surface area contributed by atoms with Gasteiger partial charge in [-0.3, -0.25) is 14.4 Å². The van der Waals surface area contributed by atoms with Gasteiger partial charge in [-0.1, -0.05) is 55.3 Å². The summed E-state index contributed by atoms with van der Waals surface area (Å²) in [5, 5.41) is 11.4. The molecule has 2 bridgehead atoms. The molecule has 1 spiro atoms. The summed E-state index contributed by atoms with van der Waals surface area (Å²) in [6.45, 7) is 11.3. The monoisotopic (exact) mass is 665 g/mol. The molecule has 9 nitrogen and oxygen atoms in total. The first-order valence-corrected chi connectivity index (χ1v) is 17.5. The Morgan fingerprint density at radius 2 is 1.61 bits per heavy atom. The lowest BCUT2D eigenvalue weighted by molar-refractivity contribution is -0.140. The van der Waals surface area contributed by atoms with Crippen LogP contribution < -0.4 is 14.5 Å². The summed E-state index contributed by atoms with van der Waals surface area (Å²) in [6, 6.07) is 20.4. The highest BCUT2D eigenvalue weighted by atomic mass is 16.5. The van der Waals surface area contributed by atoms with Crippen molar-refractivity contribution < 1.29 is 29.0 Å². The fraction of sp³-hybridized carbons (Fsp3) is 0.425. The van der Waals surface area contributed by atoms with Crippen LogP contribution in [0.1, 0.15) is 45.4 Å². The molecule has 3 heterocycles. The van der Waals surface area contributed by atoms with Gasteiger partial charge in [0.2, 0.25) is 11.8 Å². The summed E-state index contributed by atoms with van der Waals surface area (Å²) >= 11 is 0. The predicted octanol–water partition coefficient (Wildman–Crippen LogP) is 5.90. The summed E-state index contributed by atoms with van der Waals surface area (Å²) in [6.07, 6.45) is 6.97. The van der Waals surface area contributed by atoms with Gasteiger partial charge in [0.25, 0.3) is 5.91 Å². The first kappa shape index (κ1) is 34.4. The molecular weight excluding hydrogens is 618 g/mol. The van der Waals surface area contributed by atoms with Gasteiger partial charge >= 0.3 is 0 Å². The molecule has 5 atom stereocenters. The van der Waals surface area contributed by atoms with E-state index in [-0.39, 0.29) is 37.4 Å². The van der Waals surface area contributed by atoms with E-state index in [4.69, 9.17) is 9.47 Å². The number of carbonyl (C=O) groups excluding carboxylic acids is 3. The van der Waals surface area contributed by atoms with Crippen LogP contribution in [0.3, 0.4) is 0 Å². The molecule has 0 aliphatic carbocycles. The number of aliphatic hydroxyl groups is 1. The molecule has 0 radical (unpaired) electrons. The molecule has 3 aliphatic heterocycles. The summed E-state index contributed by atoms with van der Waals surface area (Å²) in [4.78, 5) is 49.2. The van der Waals surface area contributed by atoms with Crippen molar-refractivity contribution in [1.29, 1.82) is 0 Å². The number of hydrogen-bond donors (Lipinski definition) is 1. The van der Waals surface area contributed by atoms with Crippen molar-refractivity contribution in [2.24, 2.45) is 11.8 Å². The molecule has 0 saturated carbocycles. The van der Waals surface area contributed by atoms with Gasteiger partial charge in [-0.15, -0.1) is 13.2 Å². The molecule has 3 fully saturated rings. The Bertz CT molecular complexity index is 1690. The van der Waals surface area contributed by atoms with Crippen LogP contribution in [0.15, 0.2) is 92.0 Å². The van der Waals surface area contributed by atoms with Crippen molar-refractivity contribution in [2.75, 3.05) is 42.6 Å². The van der Waals surface area contributed by atoms with E-state index in [1.165, 1.54) is 0 Å². The number of aliphatic hydroxyl groups excluding tert-OH is 1. The van der Waals surface area contributed by atoms with Gasteiger partial charge < -0.3 is 29.3 Å². The quantitative estimate of drug-likeness (QED) is 0.151. The lowest BCUT2D eigenvalue weighted by Gasteiger charge is -2.37. The van der Waals surface area contributed by atoms with E-state index < -0.39 is 29.6 Å². The average molecular weight is 666 g/mol. The maximum atomic E-state index is 15.0. The largest absolute Gasteiger partial charge is 0.494 e. The molecule has 6 rings (SSSR count). The summed E-state index contributed by atoms with van der Waals surface area (Å²) in [5.74, 6) is -1.47. The van der Waals surface area contributed by atoms with E-state index in [0.29, 0.717) is 56.0 Å². The van der Waals surface area contributed by atoms with Gasteiger partial charge in [0.1, 0.15) is 17.4 Å². The molecule has 3 amide bonds. The Kier molecular flexibility index (Phi) is 10.5. The van der Waals surface area contributed by atoms with E-state index in [9.17, 15) is 19.5 Å². The van der Waals surface area contributed by atoms with Crippen molar-refractivity contribution in [3.8, 4) is 5.75 Å². The minimum absolute atomic E-state index is 0.117. The van der Waals surface area contributed by atoms with Crippen molar-refractivity contribution in [2.45, 2.75) is 63.2 Å². The van der Waals surface area contributed by atoms with Crippen LogP contribution >= 0.6 is 0 Å². The molecule has 258 valence electrons. The summed E-state index contributed by atoms with van der Waals surface area (Å²) in [7, 11) is 0. The highest BCUT2D eigenvalue weighted by Gasteiger charge is 2.75. The number of unbranched alkanes of at least 4 members (excludes halogenated alkanes) is 3. The number of likely N-dealkylation sites (tertiary alicyclic amines) is 1. The first-order valence-electron chi connectivity index (χ1n) is 17.5. The minimum Gasteiger partial charge on any atom is -0.494 e. The molecule has 3 saturated heterocycles. The summed E-state index contributed by atoms with van der Waals surface area (Å²) in [5.41, 5.74) is 0.267. The Balaban J connectivity index is 1.36. The number of amides is 3. The van der Waals surface area contributed by atoms with Gasteiger partial charge in [0.15, 0.2) is 0 Å². The predicted molar refractivity (Wildman–Crippen MR) is 192 cm³/mol. The second-order valence-electron chi connectivity index (χ2n) is 13.2. The third kappa shape index (κ3) is 6.37. The van der Waals surface area contributed by atoms with Crippen molar-refractivity contribution in [3.05, 3.63) is 92.0 Å². The molecule has 2 unspecified atom stereocenters. The maximum Gasteiger partial charge on any atom is 0.253 e. The number of nitrogens with zero attached hydrogens (tertiary/aromatic N) is 3. The third-order valence-electron chi connectivity index (χ3n) is 10.3. The lowest BCUT2D eigenvalue weighted by Crippen LogP contribution is -2.56. The van der Waals surface area contributed by atoms with Crippen LogP contribution in [-0.4, -0.2) is 78.3 Å². The van der Waals surface area contributed by atoms with Crippen LogP contribution in [0, 0.1) is 11.8 Å². The molecule has 3 aliphatic rings. The fourth-order valence-electron chi connectivity index (χ4n) is 8.17. The van der Waals surface area contributed by atoms with Crippen molar-refractivity contribution in [3.63, 3.8) is 0 Å². The van der Waals surface area contributed by atoms with Gasteiger partial charge in [-0.2, -0.15) is 0 Å². The Hall–Kier alpha value is -4.47. The van der Waals surface area contributed by atoms with Crippen molar-refractivity contribution in [1.82, 2.24) is 4.90 Å². The molecule has 1 N–H and O–H groups in total. The second kappa shape index (κ2) is 15.0. The standard InChI is InChI=1S/C40H47N3O6/c1-4-23-41(30-17-19-32(20-18-30)48-6-3)37(45)34-33-21-22-40(49-33)35(34)38(46)43(25-11-7-8-12-26-44)36(40)39(47)42(24-5-2)31-16-15-28-13-9-10-14-29(28)27-31/h4-5,9-10,13-20,27,33-36,44H,1-2,6-8,11-12,21-26H2,3H3/t33-,34+,35-,36?,40?/m0/s1. The number of benzene rings is 3. The molecule has 3 aromatic rings. The zero-order chi connectivity index (χ0) is 34.5. The number of rotatable bonds is 16. The number of anilines is 2. The highest BCUT2D eigenvalue weighted by molar-refractivity contribution is 6.07. The van der Waals surface area contributed by atoms with Gasteiger partial charge in [0.05, 0.1) is 24.5 Å². The van der Waals surface area contributed by atoms with Gasteiger partial charge in [-0.05, 0) is 79.8 Å². The molecule has 9 heteroatoms. The SMILES string of the molecule is C=CCN(C(=O)C1N(CCCCCCO)C(=O)[C@@H]2[C@H](C(=O)N(CC=C)c3ccc(OCC)cc3)[C@@H]3CCC12O3)c1ccc2ccccc2c1. The highest BCUT2D eigenvalue weighted by Crippen LogP contribution is 2.59. The fourth-order valence-corrected chi connectivity index (χ4v) is 8.17. The molecular formula is C40H47N3O6. The van der Waals surface area contributed by atoms with Crippen LogP contribution in [0.2, 0.25) is 0 Å². The Labute approximate surface area is 288 Å². The van der Waals surface area contributed by atoms with Crippen LogP contribution in [0.5, 0.6) is 5.75 Å². The van der Waals surface area contributed by atoms with Crippen LogP contribution in [0.4, 0.5) is 11.4 Å². The Morgan fingerprint density at radius 1 is 0.939 bits per heavy atom. The number of ether oxygens (including phenoxy) is 2. The lowest BCUT2D eigenvalue weighted by atomic mass is 9.70. The molecule has 3 aromatic carbocycles. The zero-order valence-electron chi connectivity index (χ0n) is 28.3. The Morgan fingerprint density at radius 3 is 2.31 bits per heavy atom. The van der Waals surface area contributed by atoms with E-state index in [0.717, 1.165) is 23.6 Å². The number of fused-ring (bicyclic) bond motifs is 2. The van der Waals surface area contributed by atoms with E-state index >= 15 is 0 Å².